The molecular formula is C16H15BrO2. The predicted octanol–water partition coefficient (Wildman–Crippen LogP) is 4.19. The van der Waals surface area contributed by atoms with Gasteiger partial charge in [-0.2, -0.15) is 0 Å². The molecule has 0 aliphatic carbocycles. The number of rotatable bonds is 4. The first kappa shape index (κ1) is 13.8. The molecule has 98 valence electrons. The number of ketones is 1. The van der Waals surface area contributed by atoms with Gasteiger partial charge in [-0.05, 0) is 24.6 Å². The van der Waals surface area contributed by atoms with Crippen molar-refractivity contribution in [1.29, 1.82) is 0 Å². The van der Waals surface area contributed by atoms with Crippen molar-refractivity contribution < 1.29 is 9.53 Å². The molecule has 2 aromatic carbocycles. The molecule has 3 heteroatoms. The minimum absolute atomic E-state index is 0.0290. The average Bonchev–Trinajstić information content (AvgIpc) is 2.47. The number of carbonyl (C=O) groups excluding carboxylic acids is 1. The summed E-state index contributed by atoms with van der Waals surface area (Å²) in [6.07, 6.45) is 0. The molecule has 0 aliphatic heterocycles. The van der Waals surface area contributed by atoms with Gasteiger partial charge in [-0.25, -0.2) is 0 Å². The van der Waals surface area contributed by atoms with Gasteiger partial charge in [-0.3, -0.25) is 4.79 Å². The Morgan fingerprint density at radius 2 is 1.79 bits per heavy atom. The van der Waals surface area contributed by atoms with Crippen LogP contribution in [0.2, 0.25) is 0 Å². The summed E-state index contributed by atoms with van der Waals surface area (Å²) >= 11 is 3.55. The molecule has 0 aromatic heterocycles. The van der Waals surface area contributed by atoms with E-state index in [1.54, 1.807) is 7.11 Å². The van der Waals surface area contributed by atoms with Gasteiger partial charge in [0.05, 0.1) is 7.11 Å². The summed E-state index contributed by atoms with van der Waals surface area (Å²) in [6.45, 7) is 1.86. The number of hydrogen-bond donors (Lipinski definition) is 0. The summed E-state index contributed by atoms with van der Waals surface area (Å²) in [5.41, 5.74) is 1.56. The van der Waals surface area contributed by atoms with Crippen LogP contribution in [0.25, 0.3) is 0 Å². The highest BCUT2D eigenvalue weighted by atomic mass is 79.9. The number of alkyl halides is 1. The Kier molecular flexibility index (Phi) is 4.05. The van der Waals surface area contributed by atoms with Crippen molar-refractivity contribution in [2.45, 2.75) is 11.2 Å². The molecule has 19 heavy (non-hydrogen) atoms. The smallest absolute Gasteiger partial charge is 0.183 e. The molecular weight excluding hydrogens is 304 g/mol. The zero-order chi connectivity index (χ0) is 13.9. The van der Waals surface area contributed by atoms with Crippen LogP contribution in [0.4, 0.5) is 0 Å². The van der Waals surface area contributed by atoms with Gasteiger partial charge in [0, 0.05) is 5.56 Å². The van der Waals surface area contributed by atoms with Crippen LogP contribution in [0.15, 0.2) is 54.6 Å². The minimum Gasteiger partial charge on any atom is -0.497 e. The van der Waals surface area contributed by atoms with E-state index in [4.69, 9.17) is 4.74 Å². The van der Waals surface area contributed by atoms with E-state index in [1.165, 1.54) is 0 Å². The van der Waals surface area contributed by atoms with Crippen LogP contribution in [0.3, 0.4) is 0 Å². The van der Waals surface area contributed by atoms with E-state index in [-0.39, 0.29) is 5.78 Å². The van der Waals surface area contributed by atoms with E-state index < -0.39 is 4.32 Å². The lowest BCUT2D eigenvalue weighted by Gasteiger charge is -2.22. The van der Waals surface area contributed by atoms with Crippen LogP contribution in [0.5, 0.6) is 5.75 Å². The Balaban J connectivity index is 2.38. The zero-order valence-corrected chi connectivity index (χ0v) is 12.5. The minimum atomic E-state index is -0.761. The first-order valence-electron chi connectivity index (χ1n) is 5.99. The lowest BCUT2D eigenvalue weighted by molar-refractivity contribution is 0.0953. The molecule has 1 atom stereocenters. The quantitative estimate of drug-likeness (QED) is 0.624. The van der Waals surface area contributed by atoms with Crippen molar-refractivity contribution in [1.82, 2.24) is 0 Å². The summed E-state index contributed by atoms with van der Waals surface area (Å²) in [6, 6.07) is 16.8. The highest BCUT2D eigenvalue weighted by molar-refractivity contribution is 9.10. The van der Waals surface area contributed by atoms with E-state index in [0.717, 1.165) is 11.3 Å². The Labute approximate surface area is 121 Å². The topological polar surface area (TPSA) is 26.3 Å². The second kappa shape index (κ2) is 5.57. The molecule has 0 bridgehead atoms. The predicted molar refractivity (Wildman–Crippen MR) is 80.0 cm³/mol. The fourth-order valence-corrected chi connectivity index (χ4v) is 2.38. The van der Waals surface area contributed by atoms with E-state index in [2.05, 4.69) is 15.9 Å². The number of carbonyl (C=O) groups is 1. The van der Waals surface area contributed by atoms with Gasteiger partial charge in [-0.1, -0.05) is 58.4 Å². The van der Waals surface area contributed by atoms with Crippen LogP contribution in [0, 0.1) is 0 Å². The summed E-state index contributed by atoms with van der Waals surface area (Å²) in [5, 5.41) is 0. The highest BCUT2D eigenvalue weighted by Crippen LogP contribution is 2.35. The van der Waals surface area contributed by atoms with Gasteiger partial charge in [0.25, 0.3) is 0 Å². The second-order valence-corrected chi connectivity index (χ2v) is 6.02. The third-order valence-corrected chi connectivity index (χ3v) is 3.89. The van der Waals surface area contributed by atoms with Gasteiger partial charge in [-0.15, -0.1) is 0 Å². The molecule has 0 heterocycles. The van der Waals surface area contributed by atoms with Crippen molar-refractivity contribution in [2.75, 3.05) is 7.11 Å². The lowest BCUT2D eigenvalue weighted by Crippen LogP contribution is -2.25. The first-order chi connectivity index (χ1) is 9.05. The number of ether oxygens (including phenoxy) is 1. The van der Waals surface area contributed by atoms with Gasteiger partial charge in [0.1, 0.15) is 10.1 Å². The van der Waals surface area contributed by atoms with Crippen LogP contribution in [-0.4, -0.2) is 12.9 Å². The largest absolute Gasteiger partial charge is 0.497 e. The fraction of sp³-hybridized carbons (Fsp3) is 0.188. The number of methoxy groups -OCH3 is 1. The fourth-order valence-electron chi connectivity index (χ4n) is 1.91. The molecule has 2 rings (SSSR count). The Morgan fingerprint density at radius 3 is 2.42 bits per heavy atom. The van der Waals surface area contributed by atoms with Crippen molar-refractivity contribution >= 4 is 21.7 Å². The van der Waals surface area contributed by atoms with Crippen LogP contribution in [0.1, 0.15) is 22.8 Å². The molecule has 0 saturated carbocycles. The van der Waals surface area contributed by atoms with Gasteiger partial charge < -0.3 is 4.74 Å². The van der Waals surface area contributed by atoms with Gasteiger partial charge >= 0.3 is 0 Å². The highest BCUT2D eigenvalue weighted by Gasteiger charge is 2.33. The Hall–Kier alpha value is -1.61. The average molecular weight is 319 g/mol. The van der Waals surface area contributed by atoms with Crippen molar-refractivity contribution in [2.24, 2.45) is 0 Å². The third kappa shape index (κ3) is 2.87. The Bertz CT molecular complexity index is 576. The molecule has 0 amide bonds. The molecule has 0 spiro atoms. The van der Waals surface area contributed by atoms with Gasteiger partial charge in [0.15, 0.2) is 5.78 Å². The molecule has 2 nitrogen and oxygen atoms in total. The van der Waals surface area contributed by atoms with E-state index in [0.29, 0.717) is 5.56 Å². The maximum atomic E-state index is 12.6. The third-order valence-electron chi connectivity index (χ3n) is 3.07. The summed E-state index contributed by atoms with van der Waals surface area (Å²) < 4.78 is 4.44. The monoisotopic (exact) mass is 318 g/mol. The SMILES string of the molecule is COc1cccc(C(C)(Br)C(=O)c2ccccc2)c1. The molecule has 0 fully saturated rings. The van der Waals surface area contributed by atoms with Crippen molar-refractivity contribution in [3.8, 4) is 5.75 Å². The molecule has 0 aliphatic rings. The van der Waals surface area contributed by atoms with E-state index in [9.17, 15) is 4.79 Å². The molecule has 2 aromatic rings. The maximum absolute atomic E-state index is 12.6. The summed E-state index contributed by atoms with van der Waals surface area (Å²) in [4.78, 5) is 12.6. The normalized spacial score (nSPS) is 13.6. The van der Waals surface area contributed by atoms with Gasteiger partial charge in [0.2, 0.25) is 0 Å². The Morgan fingerprint density at radius 1 is 1.11 bits per heavy atom. The standard InChI is InChI=1S/C16H15BrO2/c1-16(17,13-9-6-10-14(11-13)19-2)15(18)12-7-4-3-5-8-12/h3-11H,1-2H3. The number of Topliss-reactive ketones (excluding diaryl/α,β-unsaturated/α-hetero) is 1. The number of benzene rings is 2. The molecule has 0 radical (unpaired) electrons. The maximum Gasteiger partial charge on any atom is 0.183 e. The molecule has 0 N–H and O–H groups in total. The summed E-state index contributed by atoms with van der Waals surface area (Å²) in [7, 11) is 1.61. The van der Waals surface area contributed by atoms with Crippen LogP contribution >= 0.6 is 15.9 Å². The number of hydrogen-bond acceptors (Lipinski definition) is 2. The van der Waals surface area contributed by atoms with E-state index >= 15 is 0 Å². The lowest BCUT2D eigenvalue weighted by atomic mass is 9.92. The second-order valence-electron chi connectivity index (χ2n) is 4.43. The zero-order valence-electron chi connectivity index (χ0n) is 10.9. The van der Waals surface area contributed by atoms with Crippen molar-refractivity contribution in [3.05, 3.63) is 65.7 Å². The van der Waals surface area contributed by atoms with Crippen LogP contribution < -0.4 is 4.74 Å². The number of halogens is 1. The van der Waals surface area contributed by atoms with E-state index in [1.807, 2.05) is 61.5 Å². The summed E-state index contributed by atoms with van der Waals surface area (Å²) in [5.74, 6) is 0.769. The molecule has 0 saturated heterocycles. The van der Waals surface area contributed by atoms with Crippen LogP contribution in [-0.2, 0) is 4.32 Å². The first-order valence-corrected chi connectivity index (χ1v) is 6.78. The van der Waals surface area contributed by atoms with Crippen molar-refractivity contribution in [3.63, 3.8) is 0 Å². The molecule has 1 unspecified atom stereocenters.